The number of alkyl halides is 3. The summed E-state index contributed by atoms with van der Waals surface area (Å²) in [5.74, 6) is 0.136. The van der Waals surface area contributed by atoms with Crippen molar-refractivity contribution in [2.24, 2.45) is 5.73 Å². The van der Waals surface area contributed by atoms with Crippen LogP contribution in [0, 0.1) is 0 Å². The van der Waals surface area contributed by atoms with E-state index >= 15 is 0 Å². The standard InChI is InChI=1S/C18H20F3N5O2S/c1-10(16(28)23-13-4-2-3-12(9-13)18(19,20)21)29-17-25-24-15(11-5-6-11)26(17)8-7-14(22)27/h2-4,9-11H,5-8H2,1H3,(H2,22,27)(H,23,28). The Labute approximate surface area is 169 Å². The first-order chi connectivity index (χ1) is 13.6. The minimum atomic E-state index is -4.49. The molecule has 156 valence electrons. The number of aromatic nitrogens is 3. The largest absolute Gasteiger partial charge is 0.416 e. The number of halogens is 3. The zero-order chi connectivity index (χ0) is 21.2. The summed E-state index contributed by atoms with van der Waals surface area (Å²) in [6.45, 7) is 1.94. The quantitative estimate of drug-likeness (QED) is 0.630. The molecule has 0 bridgehead atoms. The molecule has 1 aromatic carbocycles. The number of anilines is 1. The Kier molecular flexibility index (Phi) is 6.15. The van der Waals surface area contributed by atoms with Crippen molar-refractivity contribution >= 4 is 29.3 Å². The van der Waals surface area contributed by atoms with Crippen molar-refractivity contribution in [3.63, 3.8) is 0 Å². The van der Waals surface area contributed by atoms with E-state index < -0.39 is 28.8 Å². The Bertz CT molecular complexity index is 911. The second kappa shape index (κ2) is 8.44. The molecule has 2 amide bonds. The summed E-state index contributed by atoms with van der Waals surface area (Å²) >= 11 is 1.13. The van der Waals surface area contributed by atoms with Gasteiger partial charge in [-0.15, -0.1) is 10.2 Å². The van der Waals surface area contributed by atoms with E-state index in [0.717, 1.165) is 42.6 Å². The van der Waals surface area contributed by atoms with Crippen molar-refractivity contribution in [3.05, 3.63) is 35.7 Å². The molecule has 1 aliphatic rings. The van der Waals surface area contributed by atoms with Crippen molar-refractivity contribution in [1.82, 2.24) is 14.8 Å². The summed E-state index contributed by atoms with van der Waals surface area (Å²) < 4.78 is 40.3. The highest BCUT2D eigenvalue weighted by Crippen LogP contribution is 2.40. The predicted octanol–water partition coefficient (Wildman–Crippen LogP) is 3.17. The second-order valence-electron chi connectivity index (χ2n) is 6.81. The lowest BCUT2D eigenvalue weighted by Crippen LogP contribution is -2.23. The number of benzene rings is 1. The molecule has 1 aromatic heterocycles. The van der Waals surface area contributed by atoms with Gasteiger partial charge in [0.05, 0.1) is 10.8 Å². The van der Waals surface area contributed by atoms with Gasteiger partial charge in [0.25, 0.3) is 0 Å². The number of nitrogens with zero attached hydrogens (tertiary/aromatic N) is 3. The van der Waals surface area contributed by atoms with Crippen LogP contribution in [0.3, 0.4) is 0 Å². The number of hydrogen-bond donors (Lipinski definition) is 2. The van der Waals surface area contributed by atoms with Crippen molar-refractivity contribution in [1.29, 1.82) is 0 Å². The number of hydrogen-bond acceptors (Lipinski definition) is 5. The minimum absolute atomic E-state index is 0.0612. The first-order valence-corrected chi connectivity index (χ1v) is 9.89. The van der Waals surface area contributed by atoms with Crippen molar-refractivity contribution in [2.75, 3.05) is 5.32 Å². The molecule has 1 unspecified atom stereocenters. The van der Waals surface area contributed by atoms with Gasteiger partial charge in [-0.25, -0.2) is 0 Å². The number of nitrogens with two attached hydrogens (primary N) is 1. The van der Waals surface area contributed by atoms with Gasteiger partial charge in [-0.2, -0.15) is 13.2 Å². The molecule has 2 aromatic rings. The fraction of sp³-hybridized carbons (Fsp3) is 0.444. The van der Waals surface area contributed by atoms with Crippen molar-refractivity contribution in [3.8, 4) is 0 Å². The van der Waals surface area contributed by atoms with Crippen molar-refractivity contribution in [2.45, 2.75) is 55.2 Å². The Morgan fingerprint density at radius 3 is 2.69 bits per heavy atom. The van der Waals surface area contributed by atoms with Crippen LogP contribution >= 0.6 is 11.8 Å². The molecule has 1 heterocycles. The van der Waals surface area contributed by atoms with Gasteiger partial charge in [-0.05, 0) is 38.0 Å². The van der Waals surface area contributed by atoms with Gasteiger partial charge in [0.1, 0.15) is 5.82 Å². The number of carbonyl (C=O) groups is 2. The maximum absolute atomic E-state index is 12.8. The number of amides is 2. The third-order valence-electron chi connectivity index (χ3n) is 4.38. The molecule has 3 rings (SSSR count). The number of carbonyl (C=O) groups excluding carboxylic acids is 2. The highest BCUT2D eigenvalue weighted by molar-refractivity contribution is 8.00. The van der Waals surface area contributed by atoms with Gasteiger partial charge in [0, 0.05) is 24.6 Å². The minimum Gasteiger partial charge on any atom is -0.370 e. The molecule has 29 heavy (non-hydrogen) atoms. The summed E-state index contributed by atoms with van der Waals surface area (Å²) in [6, 6.07) is 4.45. The number of primary amides is 1. The van der Waals surface area contributed by atoms with Gasteiger partial charge in [0.2, 0.25) is 11.8 Å². The summed E-state index contributed by atoms with van der Waals surface area (Å²) in [4.78, 5) is 23.6. The zero-order valence-electron chi connectivity index (χ0n) is 15.6. The molecule has 0 saturated heterocycles. The first-order valence-electron chi connectivity index (χ1n) is 9.01. The van der Waals surface area contributed by atoms with Crippen LogP contribution in [0.25, 0.3) is 0 Å². The van der Waals surface area contributed by atoms with Crippen molar-refractivity contribution < 1.29 is 22.8 Å². The number of thioether (sulfide) groups is 1. The van der Waals surface area contributed by atoms with Crippen LogP contribution in [0.15, 0.2) is 29.4 Å². The molecule has 0 radical (unpaired) electrons. The fourth-order valence-corrected chi connectivity index (χ4v) is 3.57. The number of nitrogens with one attached hydrogen (secondary N) is 1. The topological polar surface area (TPSA) is 103 Å². The van der Waals surface area contributed by atoms with Crippen LogP contribution in [0.1, 0.15) is 43.5 Å². The SMILES string of the molecule is CC(Sc1nnc(C2CC2)n1CCC(N)=O)C(=O)Nc1cccc(C(F)(F)F)c1. The average Bonchev–Trinajstić information content (AvgIpc) is 3.41. The molecule has 1 saturated carbocycles. The molecular weight excluding hydrogens is 407 g/mol. The van der Waals surface area contributed by atoms with E-state index in [1.807, 2.05) is 0 Å². The maximum Gasteiger partial charge on any atom is 0.416 e. The highest BCUT2D eigenvalue weighted by Gasteiger charge is 2.32. The van der Waals surface area contributed by atoms with Gasteiger partial charge < -0.3 is 15.6 Å². The van der Waals surface area contributed by atoms with E-state index in [-0.39, 0.29) is 12.1 Å². The Balaban J connectivity index is 1.69. The molecule has 0 spiro atoms. The van der Waals surface area contributed by atoms with Crippen LogP contribution in [0.4, 0.5) is 18.9 Å². The Hall–Kier alpha value is -2.56. The molecule has 3 N–H and O–H groups in total. The second-order valence-corrected chi connectivity index (χ2v) is 8.12. The Morgan fingerprint density at radius 1 is 1.34 bits per heavy atom. The van der Waals surface area contributed by atoms with Crippen LogP contribution < -0.4 is 11.1 Å². The van der Waals surface area contributed by atoms with E-state index in [1.54, 1.807) is 11.5 Å². The van der Waals surface area contributed by atoms with E-state index in [1.165, 1.54) is 12.1 Å². The van der Waals surface area contributed by atoms with Crippen LogP contribution in [-0.2, 0) is 22.3 Å². The van der Waals surface area contributed by atoms with Crippen LogP contribution in [0.2, 0.25) is 0 Å². The van der Waals surface area contributed by atoms with Crippen LogP contribution in [-0.4, -0.2) is 31.8 Å². The van der Waals surface area contributed by atoms with Gasteiger partial charge in [0.15, 0.2) is 5.16 Å². The molecule has 1 atom stereocenters. The first kappa shape index (κ1) is 21.2. The van der Waals surface area contributed by atoms with E-state index in [0.29, 0.717) is 17.6 Å². The molecule has 1 fully saturated rings. The summed E-state index contributed by atoms with van der Waals surface area (Å²) in [6.07, 6.45) is -2.39. The van der Waals surface area contributed by atoms with Gasteiger partial charge in [-0.1, -0.05) is 17.8 Å². The summed E-state index contributed by atoms with van der Waals surface area (Å²) in [5.41, 5.74) is 4.46. The van der Waals surface area contributed by atoms with Crippen LogP contribution in [0.5, 0.6) is 0 Å². The molecule has 11 heteroatoms. The molecule has 0 aliphatic heterocycles. The van der Waals surface area contributed by atoms with E-state index in [2.05, 4.69) is 15.5 Å². The van der Waals surface area contributed by atoms with Gasteiger partial charge >= 0.3 is 6.18 Å². The smallest absolute Gasteiger partial charge is 0.370 e. The molecule has 7 nitrogen and oxygen atoms in total. The normalized spacial score (nSPS) is 15.2. The average molecular weight is 427 g/mol. The third kappa shape index (κ3) is 5.49. The predicted molar refractivity (Wildman–Crippen MR) is 101 cm³/mol. The summed E-state index contributed by atoms with van der Waals surface area (Å²) in [5, 5.41) is 10.6. The Morgan fingerprint density at radius 2 is 2.07 bits per heavy atom. The third-order valence-corrected chi connectivity index (χ3v) is 5.46. The lowest BCUT2D eigenvalue weighted by atomic mass is 10.2. The van der Waals surface area contributed by atoms with Gasteiger partial charge in [-0.3, -0.25) is 9.59 Å². The zero-order valence-corrected chi connectivity index (χ0v) is 16.4. The highest BCUT2D eigenvalue weighted by atomic mass is 32.2. The monoisotopic (exact) mass is 427 g/mol. The maximum atomic E-state index is 12.8. The summed E-state index contributed by atoms with van der Waals surface area (Å²) in [7, 11) is 0. The fourth-order valence-electron chi connectivity index (χ4n) is 2.69. The molecule has 1 aliphatic carbocycles. The lowest BCUT2D eigenvalue weighted by molar-refractivity contribution is -0.137. The van der Waals surface area contributed by atoms with E-state index in [4.69, 9.17) is 5.73 Å². The lowest BCUT2D eigenvalue weighted by Gasteiger charge is -2.14. The van der Waals surface area contributed by atoms with E-state index in [9.17, 15) is 22.8 Å². The molecular formula is C18H20F3N5O2S. The number of rotatable bonds is 8.